The fourth-order valence-electron chi connectivity index (χ4n) is 2.27. The average molecular weight is 285 g/mol. The first-order valence-electron chi connectivity index (χ1n) is 7.28. The molecule has 2 rings (SSSR count). The normalized spacial score (nSPS) is 11.7. The number of benzene rings is 1. The second-order valence-corrected chi connectivity index (χ2v) is 4.98. The molecule has 21 heavy (non-hydrogen) atoms. The maximum absolute atomic E-state index is 6.03. The molecule has 112 valence electrons. The van der Waals surface area contributed by atoms with Gasteiger partial charge < -0.3 is 15.6 Å². The number of nitrogens with two attached hydrogens (primary N) is 1. The number of aliphatic imine (C=N–C) groups is 1. The largest absolute Gasteiger partial charge is 0.370 e. The third kappa shape index (κ3) is 3.62. The molecule has 0 saturated carbocycles. The van der Waals surface area contributed by atoms with E-state index in [4.69, 9.17) is 5.73 Å². The Bertz CT molecular complexity index is 605. The number of aromatic nitrogens is 2. The van der Waals surface area contributed by atoms with E-state index in [-0.39, 0.29) is 0 Å². The summed E-state index contributed by atoms with van der Waals surface area (Å²) in [7, 11) is 1.95. The van der Waals surface area contributed by atoms with Crippen LogP contribution in [0.25, 0.3) is 0 Å². The molecule has 0 atom stereocenters. The lowest BCUT2D eigenvalue weighted by atomic mass is 10.0. The Morgan fingerprint density at radius 3 is 2.48 bits per heavy atom. The molecule has 0 aliphatic rings. The van der Waals surface area contributed by atoms with Gasteiger partial charge in [0.25, 0.3) is 0 Å². The molecule has 0 spiro atoms. The van der Waals surface area contributed by atoms with Crippen LogP contribution in [0.1, 0.15) is 30.7 Å². The van der Waals surface area contributed by atoms with E-state index in [1.165, 1.54) is 11.1 Å². The van der Waals surface area contributed by atoms with Crippen LogP contribution in [0.2, 0.25) is 0 Å². The zero-order chi connectivity index (χ0) is 15.2. The Morgan fingerprint density at radius 1 is 1.29 bits per heavy atom. The standard InChI is InChI=1S/C16H23N5/c1-4-12-7-6-8-13(5-2)15(12)20-16(17)19-10-14-9-18-11-21(14)3/h6-9,11H,4-5,10H2,1-3H3,(H3,17,19,20). The number of aryl methyl sites for hydroxylation is 3. The topological polar surface area (TPSA) is 68.2 Å². The van der Waals surface area contributed by atoms with E-state index in [1.54, 1.807) is 12.5 Å². The smallest absolute Gasteiger partial charge is 0.193 e. The number of nitrogens with one attached hydrogen (secondary N) is 1. The van der Waals surface area contributed by atoms with Crippen molar-refractivity contribution in [2.75, 3.05) is 5.32 Å². The summed E-state index contributed by atoms with van der Waals surface area (Å²) in [6, 6.07) is 6.33. The van der Waals surface area contributed by atoms with Crippen LogP contribution in [0.3, 0.4) is 0 Å². The van der Waals surface area contributed by atoms with Gasteiger partial charge in [0.05, 0.1) is 24.8 Å². The van der Waals surface area contributed by atoms with Gasteiger partial charge in [0.2, 0.25) is 0 Å². The van der Waals surface area contributed by atoms with Crippen LogP contribution in [0.15, 0.2) is 35.7 Å². The van der Waals surface area contributed by atoms with Gasteiger partial charge in [0.1, 0.15) is 0 Å². The molecule has 5 heteroatoms. The lowest BCUT2D eigenvalue weighted by molar-refractivity contribution is 0.820. The van der Waals surface area contributed by atoms with Gasteiger partial charge in [0.15, 0.2) is 5.96 Å². The second-order valence-electron chi connectivity index (χ2n) is 4.98. The Kier molecular flexibility index (Phi) is 4.98. The van der Waals surface area contributed by atoms with Crippen LogP contribution in [-0.2, 0) is 26.4 Å². The molecule has 5 nitrogen and oxygen atoms in total. The fourth-order valence-corrected chi connectivity index (χ4v) is 2.27. The van der Waals surface area contributed by atoms with Crippen molar-refractivity contribution in [1.29, 1.82) is 0 Å². The highest BCUT2D eigenvalue weighted by Crippen LogP contribution is 2.22. The number of hydrogen-bond acceptors (Lipinski definition) is 2. The highest BCUT2D eigenvalue weighted by Gasteiger charge is 2.07. The first-order chi connectivity index (χ1) is 10.2. The molecule has 0 saturated heterocycles. The Labute approximate surface area is 125 Å². The molecular formula is C16H23N5. The SMILES string of the molecule is CCc1cccc(CC)c1NC(N)=NCc1cncn1C. The van der Waals surface area contributed by atoms with Gasteiger partial charge in [-0.3, -0.25) is 0 Å². The van der Waals surface area contributed by atoms with Gasteiger partial charge in [-0.2, -0.15) is 0 Å². The molecule has 0 fully saturated rings. The first kappa shape index (κ1) is 15.1. The molecule has 1 heterocycles. The van der Waals surface area contributed by atoms with Crippen LogP contribution in [0, 0.1) is 0 Å². The van der Waals surface area contributed by atoms with E-state index in [0.29, 0.717) is 12.5 Å². The van der Waals surface area contributed by atoms with E-state index >= 15 is 0 Å². The molecule has 2 aromatic rings. The Hall–Kier alpha value is -2.30. The number of imidazole rings is 1. The van der Waals surface area contributed by atoms with E-state index in [9.17, 15) is 0 Å². The summed E-state index contributed by atoms with van der Waals surface area (Å²) in [5.74, 6) is 0.437. The summed E-state index contributed by atoms with van der Waals surface area (Å²) in [4.78, 5) is 8.47. The number of rotatable bonds is 5. The number of guanidine groups is 1. The van der Waals surface area contributed by atoms with Crippen molar-refractivity contribution < 1.29 is 0 Å². The first-order valence-corrected chi connectivity index (χ1v) is 7.28. The van der Waals surface area contributed by atoms with Crippen molar-refractivity contribution in [3.05, 3.63) is 47.5 Å². The molecule has 0 aliphatic carbocycles. The summed E-state index contributed by atoms with van der Waals surface area (Å²) in [6.45, 7) is 4.80. The van der Waals surface area contributed by atoms with Crippen LogP contribution < -0.4 is 11.1 Å². The van der Waals surface area contributed by atoms with E-state index < -0.39 is 0 Å². The van der Waals surface area contributed by atoms with Crippen LogP contribution in [0.5, 0.6) is 0 Å². The third-order valence-corrected chi connectivity index (χ3v) is 3.58. The Morgan fingerprint density at radius 2 is 1.95 bits per heavy atom. The third-order valence-electron chi connectivity index (χ3n) is 3.58. The van der Waals surface area contributed by atoms with Crippen molar-refractivity contribution in [1.82, 2.24) is 9.55 Å². The predicted molar refractivity (Wildman–Crippen MR) is 87.4 cm³/mol. The van der Waals surface area contributed by atoms with Crippen molar-refractivity contribution >= 4 is 11.6 Å². The van der Waals surface area contributed by atoms with Crippen LogP contribution in [0.4, 0.5) is 5.69 Å². The molecular weight excluding hydrogens is 262 g/mol. The maximum atomic E-state index is 6.03. The zero-order valence-electron chi connectivity index (χ0n) is 12.9. The van der Waals surface area contributed by atoms with Gasteiger partial charge in [0, 0.05) is 12.7 Å². The predicted octanol–water partition coefficient (Wildman–Crippen LogP) is 2.47. The highest BCUT2D eigenvalue weighted by atomic mass is 15.1. The van der Waals surface area contributed by atoms with Gasteiger partial charge in [-0.1, -0.05) is 32.0 Å². The van der Waals surface area contributed by atoms with Gasteiger partial charge in [-0.25, -0.2) is 9.98 Å². The molecule has 0 amide bonds. The average Bonchev–Trinajstić information content (AvgIpc) is 2.90. The minimum Gasteiger partial charge on any atom is -0.370 e. The maximum Gasteiger partial charge on any atom is 0.193 e. The molecule has 3 N–H and O–H groups in total. The van der Waals surface area contributed by atoms with E-state index in [2.05, 4.69) is 47.3 Å². The summed E-state index contributed by atoms with van der Waals surface area (Å²) < 4.78 is 1.94. The van der Waals surface area contributed by atoms with Gasteiger partial charge >= 0.3 is 0 Å². The van der Waals surface area contributed by atoms with Gasteiger partial charge in [-0.15, -0.1) is 0 Å². The number of hydrogen-bond donors (Lipinski definition) is 2. The summed E-state index contributed by atoms with van der Waals surface area (Å²) in [6.07, 6.45) is 5.49. The number of para-hydroxylation sites is 1. The molecule has 1 aromatic carbocycles. The number of anilines is 1. The van der Waals surface area contributed by atoms with Crippen LogP contribution in [-0.4, -0.2) is 15.5 Å². The summed E-state index contributed by atoms with van der Waals surface area (Å²) in [5.41, 5.74) is 10.7. The molecule has 0 aliphatic heterocycles. The lowest BCUT2D eigenvalue weighted by Gasteiger charge is -2.14. The molecule has 0 bridgehead atoms. The van der Waals surface area contributed by atoms with Gasteiger partial charge in [-0.05, 0) is 24.0 Å². The van der Waals surface area contributed by atoms with Crippen molar-refractivity contribution in [3.63, 3.8) is 0 Å². The van der Waals surface area contributed by atoms with Crippen LogP contribution >= 0.6 is 0 Å². The zero-order valence-corrected chi connectivity index (χ0v) is 12.9. The minimum atomic E-state index is 0.437. The fraction of sp³-hybridized carbons (Fsp3) is 0.375. The molecule has 0 unspecified atom stereocenters. The van der Waals surface area contributed by atoms with E-state index in [1.807, 2.05) is 11.6 Å². The molecule has 0 radical (unpaired) electrons. The number of nitrogens with zero attached hydrogens (tertiary/aromatic N) is 3. The second kappa shape index (κ2) is 6.92. The van der Waals surface area contributed by atoms with Crippen molar-refractivity contribution in [3.8, 4) is 0 Å². The molecule has 1 aromatic heterocycles. The Balaban J connectivity index is 2.15. The van der Waals surface area contributed by atoms with E-state index in [0.717, 1.165) is 24.2 Å². The summed E-state index contributed by atoms with van der Waals surface area (Å²) >= 11 is 0. The highest BCUT2D eigenvalue weighted by molar-refractivity contribution is 5.93. The quantitative estimate of drug-likeness (QED) is 0.655. The summed E-state index contributed by atoms with van der Waals surface area (Å²) in [5, 5.41) is 3.26. The van der Waals surface area contributed by atoms with Crippen molar-refractivity contribution in [2.24, 2.45) is 17.8 Å². The monoisotopic (exact) mass is 285 g/mol. The minimum absolute atomic E-state index is 0.437. The van der Waals surface area contributed by atoms with Crippen molar-refractivity contribution in [2.45, 2.75) is 33.2 Å². The lowest BCUT2D eigenvalue weighted by Crippen LogP contribution is -2.24.